The molecule has 0 radical (unpaired) electrons. The number of urea groups is 1. The Kier molecular flexibility index (Phi) is 5.00. The molecule has 1 heterocycles. The van der Waals surface area contributed by atoms with Gasteiger partial charge in [-0.2, -0.15) is 24.9 Å². The fraction of sp³-hybridized carbons (Fsp3) is 0.429. The molecule has 1 aromatic rings. The molecule has 1 fully saturated rings. The molecule has 1 aliphatic rings. The van der Waals surface area contributed by atoms with Crippen molar-refractivity contribution >= 4 is 23.7 Å². The van der Waals surface area contributed by atoms with Gasteiger partial charge in [0, 0.05) is 0 Å². The molecule has 1 N–H and O–H groups in total. The van der Waals surface area contributed by atoms with Crippen LogP contribution in [0.1, 0.15) is 17.5 Å². The molecule has 3 amide bonds. The lowest BCUT2D eigenvalue weighted by atomic mass is 10.1. The maximum absolute atomic E-state index is 13.0. The molecule has 0 saturated carbocycles. The number of hydrogen-bond acceptors (Lipinski definition) is 3. The summed E-state index contributed by atoms with van der Waals surface area (Å²) < 4.78 is 38.9. The van der Waals surface area contributed by atoms with E-state index >= 15 is 0 Å². The van der Waals surface area contributed by atoms with Gasteiger partial charge in [0.25, 0.3) is 5.91 Å². The summed E-state index contributed by atoms with van der Waals surface area (Å²) >= 11 is 1.53. The first-order valence-electron chi connectivity index (χ1n) is 6.60. The third-order valence-electron chi connectivity index (χ3n) is 3.37. The monoisotopic (exact) mass is 332 g/mol. The number of nitrogens with zero attached hydrogens (tertiary/aromatic N) is 1. The highest BCUT2D eigenvalue weighted by atomic mass is 32.2. The number of amides is 3. The van der Waals surface area contributed by atoms with Crippen LogP contribution in [0.15, 0.2) is 24.3 Å². The highest BCUT2D eigenvalue weighted by Gasteiger charge is 2.39. The number of nitrogens with one attached hydrogen (secondary N) is 1. The number of alkyl halides is 3. The molecule has 1 aliphatic heterocycles. The van der Waals surface area contributed by atoms with Crippen molar-refractivity contribution in [3.05, 3.63) is 35.4 Å². The maximum Gasteiger partial charge on any atom is 0.416 e. The Hall–Kier alpha value is -1.70. The molecule has 120 valence electrons. The van der Waals surface area contributed by atoms with E-state index in [0.717, 1.165) is 11.0 Å². The molecule has 0 bridgehead atoms. The van der Waals surface area contributed by atoms with Crippen molar-refractivity contribution in [1.82, 2.24) is 10.2 Å². The molecular formula is C14H15F3N2O2S. The van der Waals surface area contributed by atoms with Crippen LogP contribution in [0, 0.1) is 0 Å². The van der Waals surface area contributed by atoms with Crippen LogP contribution in [0.2, 0.25) is 0 Å². The van der Waals surface area contributed by atoms with E-state index in [1.165, 1.54) is 30.0 Å². The Morgan fingerprint density at radius 3 is 2.59 bits per heavy atom. The highest BCUT2D eigenvalue weighted by molar-refractivity contribution is 7.98. The summed E-state index contributed by atoms with van der Waals surface area (Å²) in [5, 5.41) is 2.51. The highest BCUT2D eigenvalue weighted by Crippen LogP contribution is 2.32. The number of hydrogen-bond donors (Lipinski definition) is 1. The van der Waals surface area contributed by atoms with Crippen LogP contribution in [-0.2, 0) is 17.5 Å². The van der Waals surface area contributed by atoms with Gasteiger partial charge in [0.2, 0.25) is 0 Å². The summed E-state index contributed by atoms with van der Waals surface area (Å²) in [6, 6.07) is 3.65. The lowest BCUT2D eigenvalue weighted by Crippen LogP contribution is -2.32. The number of halogens is 3. The summed E-state index contributed by atoms with van der Waals surface area (Å²) in [4.78, 5) is 24.8. The van der Waals surface area contributed by atoms with Crippen molar-refractivity contribution < 1.29 is 22.8 Å². The zero-order valence-corrected chi connectivity index (χ0v) is 12.6. The third kappa shape index (κ3) is 3.55. The van der Waals surface area contributed by atoms with Crippen molar-refractivity contribution in [3.63, 3.8) is 0 Å². The number of benzene rings is 1. The molecule has 2 rings (SSSR count). The van der Waals surface area contributed by atoms with Crippen molar-refractivity contribution in [2.24, 2.45) is 0 Å². The first-order valence-corrected chi connectivity index (χ1v) is 8.00. The van der Waals surface area contributed by atoms with E-state index in [2.05, 4.69) is 5.32 Å². The smallest absolute Gasteiger partial charge is 0.326 e. The summed E-state index contributed by atoms with van der Waals surface area (Å²) in [7, 11) is 0. The molecule has 0 unspecified atom stereocenters. The van der Waals surface area contributed by atoms with Gasteiger partial charge < -0.3 is 5.32 Å². The molecule has 0 spiro atoms. The quantitative estimate of drug-likeness (QED) is 0.844. The lowest BCUT2D eigenvalue weighted by molar-refractivity contribution is -0.139. The SMILES string of the molecule is CSCC[C@H]1NC(=O)N(Cc2ccccc2C(F)(F)F)C1=O. The van der Waals surface area contributed by atoms with Crippen LogP contribution in [0.3, 0.4) is 0 Å². The zero-order valence-electron chi connectivity index (χ0n) is 11.8. The van der Waals surface area contributed by atoms with Crippen LogP contribution in [0.25, 0.3) is 0 Å². The van der Waals surface area contributed by atoms with Crippen molar-refractivity contribution in [2.75, 3.05) is 12.0 Å². The van der Waals surface area contributed by atoms with Crippen molar-refractivity contribution in [3.8, 4) is 0 Å². The van der Waals surface area contributed by atoms with Crippen LogP contribution in [-0.4, -0.2) is 34.9 Å². The second kappa shape index (κ2) is 6.60. The minimum atomic E-state index is -4.52. The van der Waals surface area contributed by atoms with Crippen LogP contribution in [0.5, 0.6) is 0 Å². The number of thioether (sulfide) groups is 1. The number of rotatable bonds is 5. The van der Waals surface area contributed by atoms with Crippen LogP contribution >= 0.6 is 11.8 Å². The van der Waals surface area contributed by atoms with Gasteiger partial charge >= 0.3 is 12.2 Å². The average molecular weight is 332 g/mol. The van der Waals surface area contributed by atoms with E-state index in [1.807, 2.05) is 6.26 Å². The number of carbonyl (C=O) groups excluding carboxylic acids is 2. The molecule has 0 aromatic heterocycles. The van der Waals surface area contributed by atoms with Crippen LogP contribution in [0.4, 0.5) is 18.0 Å². The molecule has 22 heavy (non-hydrogen) atoms. The van der Waals surface area contributed by atoms with E-state index < -0.39 is 29.7 Å². The topological polar surface area (TPSA) is 49.4 Å². The van der Waals surface area contributed by atoms with Crippen molar-refractivity contribution in [2.45, 2.75) is 25.2 Å². The van der Waals surface area contributed by atoms with Gasteiger partial charge in [-0.05, 0) is 30.1 Å². The zero-order chi connectivity index (χ0) is 16.3. The first kappa shape index (κ1) is 16.7. The standard InChI is InChI=1S/C14H15F3N2O2S/c1-22-7-6-11-12(20)19(13(21)18-11)8-9-4-2-3-5-10(9)14(15,16)17/h2-5,11H,6-8H2,1H3,(H,18,21)/t11-/m1/s1. The summed E-state index contributed by atoms with van der Waals surface area (Å²) in [5.41, 5.74) is -0.924. The van der Waals surface area contributed by atoms with E-state index in [9.17, 15) is 22.8 Å². The Morgan fingerprint density at radius 1 is 1.27 bits per heavy atom. The van der Waals surface area contributed by atoms with Gasteiger partial charge in [0.15, 0.2) is 0 Å². The second-order valence-corrected chi connectivity index (χ2v) is 5.85. The predicted octanol–water partition coefficient (Wildman–Crippen LogP) is 2.88. The van der Waals surface area contributed by atoms with E-state index in [0.29, 0.717) is 12.2 Å². The summed E-state index contributed by atoms with van der Waals surface area (Å²) in [5.74, 6) is 0.208. The normalized spacial score (nSPS) is 18.7. The molecule has 0 aliphatic carbocycles. The fourth-order valence-electron chi connectivity index (χ4n) is 2.26. The van der Waals surface area contributed by atoms with Gasteiger partial charge in [0.1, 0.15) is 6.04 Å². The van der Waals surface area contributed by atoms with E-state index in [1.54, 1.807) is 0 Å². The Balaban J connectivity index is 2.18. The molecular weight excluding hydrogens is 317 g/mol. The molecule has 1 atom stereocenters. The van der Waals surface area contributed by atoms with E-state index in [-0.39, 0.29) is 12.1 Å². The Labute approximate surface area is 130 Å². The molecule has 4 nitrogen and oxygen atoms in total. The minimum absolute atomic E-state index is 0.0935. The van der Waals surface area contributed by atoms with Gasteiger partial charge in [-0.25, -0.2) is 4.79 Å². The summed E-state index contributed by atoms with van der Waals surface area (Å²) in [6.07, 6.45) is -2.18. The maximum atomic E-state index is 13.0. The van der Waals surface area contributed by atoms with Crippen molar-refractivity contribution in [1.29, 1.82) is 0 Å². The van der Waals surface area contributed by atoms with Gasteiger partial charge in [-0.15, -0.1) is 0 Å². The fourth-order valence-corrected chi connectivity index (χ4v) is 2.73. The first-order chi connectivity index (χ1) is 10.3. The van der Waals surface area contributed by atoms with Crippen LogP contribution < -0.4 is 5.32 Å². The number of carbonyl (C=O) groups is 2. The Bertz CT molecular complexity index is 577. The van der Waals surface area contributed by atoms with Gasteiger partial charge in [-0.1, -0.05) is 18.2 Å². The van der Waals surface area contributed by atoms with Gasteiger partial charge in [-0.3, -0.25) is 9.69 Å². The second-order valence-electron chi connectivity index (χ2n) is 4.86. The largest absolute Gasteiger partial charge is 0.416 e. The Morgan fingerprint density at radius 2 is 1.95 bits per heavy atom. The number of imide groups is 1. The lowest BCUT2D eigenvalue weighted by Gasteiger charge is -2.17. The molecule has 1 aromatic carbocycles. The third-order valence-corrected chi connectivity index (χ3v) is 4.01. The summed E-state index contributed by atoms with van der Waals surface area (Å²) in [6.45, 7) is -0.379. The predicted molar refractivity (Wildman–Crippen MR) is 77.3 cm³/mol. The van der Waals surface area contributed by atoms with E-state index in [4.69, 9.17) is 0 Å². The molecule has 8 heteroatoms. The van der Waals surface area contributed by atoms with Gasteiger partial charge in [0.05, 0.1) is 12.1 Å². The minimum Gasteiger partial charge on any atom is -0.326 e. The average Bonchev–Trinajstić information content (AvgIpc) is 2.72. The molecule has 1 saturated heterocycles.